The summed E-state index contributed by atoms with van der Waals surface area (Å²) in [6, 6.07) is 7.52. The summed E-state index contributed by atoms with van der Waals surface area (Å²) in [6.07, 6.45) is 0.358. The zero-order valence-electron chi connectivity index (χ0n) is 19.0. The number of halogens is 4. The smallest absolute Gasteiger partial charge is 0.383 e. The molecule has 10 nitrogen and oxygen atoms in total. The molecular weight excluding hydrogens is 492 g/mol. The Morgan fingerprint density at radius 1 is 1.11 bits per heavy atom. The fourth-order valence-electron chi connectivity index (χ4n) is 4.16. The Morgan fingerprint density at radius 2 is 1.84 bits per heavy atom. The number of rotatable bonds is 5. The van der Waals surface area contributed by atoms with Gasteiger partial charge in [0.05, 0.1) is 17.6 Å². The standard InChI is InChI=1S/C23H16F4N10/c1-2-15(14-10-36(35-34-14)16-6-4-3-5-13(16)24)37-17(7-28)18(19-20(29)32-11-33-21(19)37)12-8-30-22(31-9-12)23(25,26)27/h3-6,8-11,15H,2H2,1H3,(H2,29,32,33)/t15-/m0/s1. The van der Waals surface area contributed by atoms with Crippen molar-refractivity contribution in [1.29, 1.82) is 5.26 Å². The molecule has 1 atom stereocenters. The highest BCUT2D eigenvalue weighted by atomic mass is 19.4. The number of benzene rings is 1. The summed E-state index contributed by atoms with van der Waals surface area (Å²) in [4.78, 5) is 15.1. The van der Waals surface area contributed by atoms with Gasteiger partial charge in [-0.25, -0.2) is 29.0 Å². The molecule has 4 heterocycles. The number of alkyl halides is 3. The van der Waals surface area contributed by atoms with Crippen LogP contribution in [0.5, 0.6) is 0 Å². The van der Waals surface area contributed by atoms with E-state index in [1.807, 2.05) is 6.92 Å². The average Bonchev–Trinajstić information content (AvgIpc) is 3.49. The van der Waals surface area contributed by atoms with Crippen molar-refractivity contribution in [2.24, 2.45) is 0 Å². The van der Waals surface area contributed by atoms with Gasteiger partial charge in [-0.3, -0.25) is 0 Å². The van der Waals surface area contributed by atoms with Gasteiger partial charge in [-0.2, -0.15) is 18.4 Å². The van der Waals surface area contributed by atoms with E-state index < -0.39 is 23.9 Å². The molecule has 5 aromatic rings. The number of nitrogens with zero attached hydrogens (tertiary/aromatic N) is 9. The molecule has 37 heavy (non-hydrogen) atoms. The number of nitrogens with two attached hydrogens (primary N) is 1. The van der Waals surface area contributed by atoms with Crippen LogP contribution in [0.2, 0.25) is 0 Å². The Balaban J connectivity index is 1.71. The number of hydrogen-bond acceptors (Lipinski definition) is 8. The quantitative estimate of drug-likeness (QED) is 0.351. The van der Waals surface area contributed by atoms with Gasteiger partial charge in [-0.1, -0.05) is 24.3 Å². The third kappa shape index (κ3) is 3.99. The van der Waals surface area contributed by atoms with Crippen molar-refractivity contribution in [1.82, 2.24) is 39.5 Å². The average molecular weight is 508 g/mol. The molecule has 0 aliphatic rings. The molecule has 4 aromatic heterocycles. The number of nitriles is 1. The molecule has 0 saturated heterocycles. The summed E-state index contributed by atoms with van der Waals surface area (Å²) in [7, 11) is 0. The van der Waals surface area contributed by atoms with E-state index in [9.17, 15) is 22.8 Å². The Bertz CT molecular complexity index is 1650. The number of aromatic nitrogens is 8. The summed E-state index contributed by atoms with van der Waals surface area (Å²) >= 11 is 0. The second-order valence-electron chi connectivity index (χ2n) is 7.92. The third-order valence-corrected chi connectivity index (χ3v) is 5.76. The number of hydrogen-bond donors (Lipinski definition) is 1. The lowest BCUT2D eigenvalue weighted by atomic mass is 10.1. The summed E-state index contributed by atoms with van der Waals surface area (Å²) in [5.74, 6) is -1.81. The largest absolute Gasteiger partial charge is 0.451 e. The molecule has 0 aliphatic heterocycles. The zero-order chi connectivity index (χ0) is 26.3. The third-order valence-electron chi connectivity index (χ3n) is 5.76. The second kappa shape index (κ2) is 8.94. The fourth-order valence-corrected chi connectivity index (χ4v) is 4.16. The minimum atomic E-state index is -4.73. The molecule has 14 heteroatoms. The Labute approximate surface area is 206 Å². The van der Waals surface area contributed by atoms with Gasteiger partial charge in [0.2, 0.25) is 5.82 Å². The van der Waals surface area contributed by atoms with Gasteiger partial charge in [0.1, 0.15) is 46.8 Å². The first-order valence-electron chi connectivity index (χ1n) is 10.9. The molecule has 186 valence electrons. The van der Waals surface area contributed by atoms with Crippen LogP contribution in [0.3, 0.4) is 0 Å². The highest BCUT2D eigenvalue weighted by Gasteiger charge is 2.35. The lowest BCUT2D eigenvalue weighted by Gasteiger charge is -2.16. The summed E-state index contributed by atoms with van der Waals surface area (Å²) < 4.78 is 56.2. The van der Waals surface area contributed by atoms with E-state index in [1.165, 1.54) is 29.3 Å². The monoisotopic (exact) mass is 508 g/mol. The highest BCUT2D eigenvalue weighted by Crippen LogP contribution is 2.40. The molecule has 0 fully saturated rings. The summed E-state index contributed by atoms with van der Waals surface area (Å²) in [5, 5.41) is 18.7. The topological polar surface area (TPSA) is 137 Å². The number of anilines is 1. The van der Waals surface area contributed by atoms with E-state index >= 15 is 0 Å². The molecule has 2 N–H and O–H groups in total. The summed E-state index contributed by atoms with van der Waals surface area (Å²) in [5.41, 5.74) is 7.32. The minimum Gasteiger partial charge on any atom is -0.383 e. The van der Waals surface area contributed by atoms with Crippen LogP contribution in [0, 0.1) is 17.1 Å². The molecule has 0 spiro atoms. The van der Waals surface area contributed by atoms with Gasteiger partial charge in [-0.05, 0) is 18.6 Å². The van der Waals surface area contributed by atoms with Crippen molar-refractivity contribution in [2.45, 2.75) is 25.6 Å². The zero-order valence-corrected chi connectivity index (χ0v) is 19.0. The van der Waals surface area contributed by atoms with Crippen molar-refractivity contribution in [3.05, 3.63) is 72.2 Å². The molecular formula is C23H16F4N10. The number of fused-ring (bicyclic) bond motifs is 1. The van der Waals surface area contributed by atoms with Crippen molar-refractivity contribution in [2.75, 3.05) is 5.73 Å². The van der Waals surface area contributed by atoms with Crippen LogP contribution in [0.4, 0.5) is 23.4 Å². The number of para-hydroxylation sites is 1. The molecule has 1 aromatic carbocycles. The molecule has 0 aliphatic carbocycles. The van der Waals surface area contributed by atoms with Crippen LogP contribution in [-0.2, 0) is 6.18 Å². The van der Waals surface area contributed by atoms with Crippen molar-refractivity contribution >= 4 is 16.9 Å². The van der Waals surface area contributed by atoms with Crippen LogP contribution < -0.4 is 5.73 Å². The maximum Gasteiger partial charge on any atom is 0.451 e. The van der Waals surface area contributed by atoms with Crippen molar-refractivity contribution < 1.29 is 17.6 Å². The van der Waals surface area contributed by atoms with Crippen molar-refractivity contribution in [3.8, 4) is 22.9 Å². The van der Waals surface area contributed by atoms with Gasteiger partial charge in [-0.15, -0.1) is 5.10 Å². The first-order chi connectivity index (χ1) is 17.7. The predicted octanol–water partition coefficient (Wildman–Crippen LogP) is 4.08. The molecule has 5 rings (SSSR count). The van der Waals surface area contributed by atoms with Crippen LogP contribution in [0.1, 0.15) is 36.6 Å². The Hall–Kier alpha value is -4.93. The lowest BCUT2D eigenvalue weighted by molar-refractivity contribution is -0.144. The summed E-state index contributed by atoms with van der Waals surface area (Å²) in [6.45, 7) is 1.84. The maximum absolute atomic E-state index is 14.3. The van der Waals surface area contributed by atoms with Crippen LogP contribution in [0.15, 0.2) is 49.2 Å². The minimum absolute atomic E-state index is 0.0139. The Morgan fingerprint density at radius 3 is 2.49 bits per heavy atom. The van der Waals surface area contributed by atoms with Crippen LogP contribution in [0.25, 0.3) is 27.8 Å². The molecule has 0 saturated carbocycles. The number of nitrogen functional groups attached to an aromatic ring is 1. The lowest BCUT2D eigenvalue weighted by Crippen LogP contribution is -2.13. The van der Waals surface area contributed by atoms with Gasteiger partial charge in [0.25, 0.3) is 0 Å². The van der Waals surface area contributed by atoms with Gasteiger partial charge in [0.15, 0.2) is 0 Å². The van der Waals surface area contributed by atoms with Crippen LogP contribution in [-0.4, -0.2) is 39.5 Å². The van der Waals surface area contributed by atoms with E-state index in [-0.39, 0.29) is 39.4 Å². The van der Waals surface area contributed by atoms with Gasteiger partial charge < -0.3 is 10.3 Å². The predicted molar refractivity (Wildman–Crippen MR) is 122 cm³/mol. The van der Waals surface area contributed by atoms with Crippen molar-refractivity contribution in [3.63, 3.8) is 0 Å². The SMILES string of the molecule is CC[C@@H](c1cn(-c2ccccc2F)nn1)n1c(C#N)c(-c2cnc(C(F)(F)F)nc2)c2c(N)ncnc21. The first-order valence-corrected chi connectivity index (χ1v) is 10.9. The molecule has 0 amide bonds. The highest BCUT2D eigenvalue weighted by molar-refractivity contribution is 6.03. The van der Waals surface area contributed by atoms with E-state index in [0.29, 0.717) is 12.1 Å². The molecule has 0 unspecified atom stereocenters. The van der Waals surface area contributed by atoms with E-state index in [1.54, 1.807) is 16.7 Å². The fraction of sp³-hybridized carbons (Fsp3) is 0.174. The van der Waals surface area contributed by atoms with E-state index in [2.05, 4.69) is 36.3 Å². The second-order valence-corrected chi connectivity index (χ2v) is 7.92. The normalized spacial score (nSPS) is 12.5. The first kappa shape index (κ1) is 23.8. The molecule has 0 bridgehead atoms. The van der Waals surface area contributed by atoms with E-state index in [0.717, 1.165) is 12.4 Å². The van der Waals surface area contributed by atoms with Gasteiger partial charge in [0, 0.05) is 23.5 Å². The molecule has 0 radical (unpaired) electrons. The Kier molecular flexibility index (Phi) is 5.75. The van der Waals surface area contributed by atoms with E-state index in [4.69, 9.17) is 5.73 Å². The maximum atomic E-state index is 14.3. The van der Waals surface area contributed by atoms with Crippen LogP contribution >= 0.6 is 0 Å². The van der Waals surface area contributed by atoms with Gasteiger partial charge >= 0.3 is 6.18 Å².